The summed E-state index contributed by atoms with van der Waals surface area (Å²) in [6.07, 6.45) is 0. The monoisotopic (exact) mass is 328 g/mol. The van der Waals surface area contributed by atoms with E-state index in [2.05, 4.69) is 37.1 Å². The fourth-order valence-electron chi connectivity index (χ4n) is 2.42. The molecule has 0 saturated heterocycles. The Morgan fingerprint density at radius 1 is 1.22 bits per heavy atom. The van der Waals surface area contributed by atoms with Crippen molar-refractivity contribution in [3.05, 3.63) is 46.3 Å². The molecule has 1 amide bonds. The number of carbonyl (C=O) groups excluding carboxylic acids is 1. The van der Waals surface area contributed by atoms with E-state index in [1.807, 2.05) is 23.6 Å². The van der Waals surface area contributed by atoms with E-state index in [-0.39, 0.29) is 11.3 Å². The van der Waals surface area contributed by atoms with Crippen LogP contribution in [0.1, 0.15) is 36.8 Å². The first-order valence-electron chi connectivity index (χ1n) is 7.43. The molecule has 5 heteroatoms. The molecule has 0 aliphatic heterocycles. The summed E-state index contributed by atoms with van der Waals surface area (Å²) >= 11 is 1.45. The summed E-state index contributed by atoms with van der Waals surface area (Å²) in [7, 11) is 1.57. The molecule has 0 spiro atoms. The zero-order valence-corrected chi connectivity index (χ0v) is 14.5. The number of fused-ring (bicyclic) bond motifs is 1. The number of thiophene rings is 1. The van der Waals surface area contributed by atoms with Crippen LogP contribution in [0.4, 0.5) is 5.69 Å². The van der Waals surface area contributed by atoms with Crippen LogP contribution in [-0.2, 0) is 5.41 Å². The molecule has 3 rings (SSSR count). The normalized spacial score (nSPS) is 11.7. The molecule has 0 bridgehead atoms. The lowest BCUT2D eigenvalue weighted by Gasteiger charge is -2.15. The number of benzene rings is 1. The molecular weight excluding hydrogens is 308 g/mol. The van der Waals surface area contributed by atoms with Gasteiger partial charge in [0.05, 0.1) is 12.7 Å². The van der Waals surface area contributed by atoms with E-state index in [4.69, 9.17) is 4.74 Å². The second-order valence-electron chi connectivity index (χ2n) is 6.54. The van der Waals surface area contributed by atoms with Crippen LogP contribution in [0.3, 0.4) is 0 Å². The largest absolute Gasteiger partial charge is 0.495 e. The highest BCUT2D eigenvalue weighted by Crippen LogP contribution is 2.28. The first-order valence-corrected chi connectivity index (χ1v) is 8.37. The highest BCUT2D eigenvalue weighted by Gasteiger charge is 2.17. The van der Waals surface area contributed by atoms with E-state index in [1.165, 1.54) is 17.0 Å². The molecule has 0 fully saturated rings. The topological polar surface area (TPSA) is 54.1 Å². The third-order valence-corrected chi connectivity index (χ3v) is 4.50. The zero-order chi connectivity index (χ0) is 16.6. The summed E-state index contributed by atoms with van der Waals surface area (Å²) in [4.78, 5) is 15.8. The van der Waals surface area contributed by atoms with Gasteiger partial charge in [-0.2, -0.15) is 0 Å². The van der Waals surface area contributed by atoms with Gasteiger partial charge in [0, 0.05) is 38.5 Å². The standard InChI is InChI=1S/C18H20N2O2S/c1-18(2,3)16-8-11-7-12(5-6-14(11)20-16)19-17(21)13-9-23-10-15(13)22-4/h5-10,20H,1-4H3,(H,19,21). The summed E-state index contributed by atoms with van der Waals surface area (Å²) in [6.45, 7) is 6.51. The van der Waals surface area contributed by atoms with Gasteiger partial charge >= 0.3 is 0 Å². The second-order valence-corrected chi connectivity index (χ2v) is 7.29. The maximum absolute atomic E-state index is 12.4. The lowest BCUT2D eigenvalue weighted by molar-refractivity contribution is 0.102. The van der Waals surface area contributed by atoms with E-state index in [0.717, 1.165) is 16.6 Å². The second kappa shape index (κ2) is 5.74. The third-order valence-electron chi connectivity index (χ3n) is 3.78. The highest BCUT2D eigenvalue weighted by atomic mass is 32.1. The van der Waals surface area contributed by atoms with Crippen LogP contribution in [0.25, 0.3) is 10.9 Å². The first kappa shape index (κ1) is 15.6. The maximum Gasteiger partial charge on any atom is 0.260 e. The SMILES string of the molecule is COc1cscc1C(=O)Nc1ccc2[nH]c(C(C)(C)C)cc2c1. The molecular formula is C18H20N2O2S. The van der Waals surface area contributed by atoms with Gasteiger partial charge < -0.3 is 15.0 Å². The minimum Gasteiger partial charge on any atom is -0.495 e. The van der Waals surface area contributed by atoms with Crippen LogP contribution in [0.2, 0.25) is 0 Å². The van der Waals surface area contributed by atoms with Crippen molar-refractivity contribution in [3.63, 3.8) is 0 Å². The number of hydrogen-bond acceptors (Lipinski definition) is 3. The molecule has 0 unspecified atom stereocenters. The van der Waals surface area contributed by atoms with Crippen molar-refractivity contribution >= 4 is 33.8 Å². The molecule has 120 valence electrons. The van der Waals surface area contributed by atoms with Gasteiger partial charge in [-0.3, -0.25) is 4.79 Å². The van der Waals surface area contributed by atoms with Crippen LogP contribution < -0.4 is 10.1 Å². The van der Waals surface area contributed by atoms with Gasteiger partial charge in [-0.25, -0.2) is 0 Å². The molecule has 0 radical (unpaired) electrons. The summed E-state index contributed by atoms with van der Waals surface area (Å²) in [5.74, 6) is 0.444. The molecule has 2 aromatic heterocycles. The van der Waals surface area contributed by atoms with E-state index in [0.29, 0.717) is 11.3 Å². The average Bonchev–Trinajstić information content (AvgIpc) is 3.12. The summed E-state index contributed by atoms with van der Waals surface area (Å²) < 4.78 is 5.20. The summed E-state index contributed by atoms with van der Waals surface area (Å²) in [5, 5.41) is 7.63. The third kappa shape index (κ3) is 3.10. The number of nitrogens with one attached hydrogen (secondary N) is 2. The number of ether oxygens (including phenoxy) is 1. The van der Waals surface area contributed by atoms with E-state index in [1.54, 1.807) is 12.5 Å². The number of hydrogen-bond donors (Lipinski definition) is 2. The lowest BCUT2D eigenvalue weighted by atomic mass is 9.92. The Morgan fingerprint density at radius 2 is 2.00 bits per heavy atom. The number of anilines is 1. The van der Waals surface area contributed by atoms with E-state index < -0.39 is 0 Å². The fraction of sp³-hybridized carbons (Fsp3) is 0.278. The molecule has 3 aromatic rings. The van der Waals surface area contributed by atoms with Gasteiger partial charge in [0.15, 0.2) is 0 Å². The number of H-pyrrole nitrogens is 1. The number of rotatable bonds is 3. The highest BCUT2D eigenvalue weighted by molar-refractivity contribution is 7.08. The van der Waals surface area contributed by atoms with Crippen LogP contribution in [0, 0.1) is 0 Å². The zero-order valence-electron chi connectivity index (χ0n) is 13.7. The first-order chi connectivity index (χ1) is 10.9. The molecule has 0 aliphatic carbocycles. The Morgan fingerprint density at radius 3 is 2.70 bits per heavy atom. The minimum absolute atomic E-state index is 0.0620. The van der Waals surface area contributed by atoms with Crippen molar-refractivity contribution in [1.29, 1.82) is 0 Å². The lowest BCUT2D eigenvalue weighted by Crippen LogP contribution is -2.11. The van der Waals surface area contributed by atoms with Crippen LogP contribution in [-0.4, -0.2) is 18.0 Å². The molecule has 0 atom stereocenters. The molecule has 4 nitrogen and oxygen atoms in total. The Kier molecular flexibility index (Phi) is 3.90. The molecule has 1 aromatic carbocycles. The number of aromatic amines is 1. The fourth-order valence-corrected chi connectivity index (χ4v) is 3.20. The Hall–Kier alpha value is -2.27. The van der Waals surface area contributed by atoms with E-state index in [9.17, 15) is 4.79 Å². The molecule has 2 heterocycles. The van der Waals surface area contributed by atoms with Crippen molar-refractivity contribution in [1.82, 2.24) is 4.98 Å². The molecule has 0 saturated carbocycles. The Bertz CT molecular complexity index is 855. The average molecular weight is 328 g/mol. The van der Waals surface area contributed by atoms with E-state index >= 15 is 0 Å². The van der Waals surface area contributed by atoms with Gasteiger partial charge in [-0.05, 0) is 24.3 Å². The number of aromatic nitrogens is 1. The minimum atomic E-state index is -0.158. The Balaban J connectivity index is 1.87. The quantitative estimate of drug-likeness (QED) is 0.726. The van der Waals surface area contributed by atoms with Crippen molar-refractivity contribution in [2.45, 2.75) is 26.2 Å². The van der Waals surface area contributed by atoms with Crippen molar-refractivity contribution in [3.8, 4) is 5.75 Å². The van der Waals surface area contributed by atoms with Crippen LogP contribution >= 0.6 is 11.3 Å². The van der Waals surface area contributed by atoms with Crippen LogP contribution in [0.5, 0.6) is 5.75 Å². The number of amides is 1. The number of carbonyl (C=O) groups is 1. The molecule has 2 N–H and O–H groups in total. The van der Waals surface area contributed by atoms with Gasteiger partial charge in [-0.15, -0.1) is 11.3 Å². The summed E-state index contributed by atoms with van der Waals surface area (Å²) in [5.41, 5.74) is 3.64. The predicted molar refractivity (Wildman–Crippen MR) is 95.8 cm³/mol. The van der Waals surface area contributed by atoms with Crippen molar-refractivity contribution < 1.29 is 9.53 Å². The smallest absolute Gasteiger partial charge is 0.260 e. The van der Waals surface area contributed by atoms with Crippen LogP contribution in [0.15, 0.2) is 35.0 Å². The Labute approximate surface area is 139 Å². The molecule has 23 heavy (non-hydrogen) atoms. The van der Waals surface area contributed by atoms with Crippen molar-refractivity contribution in [2.75, 3.05) is 12.4 Å². The number of methoxy groups -OCH3 is 1. The predicted octanol–water partition coefficient (Wildman–Crippen LogP) is 4.79. The van der Waals surface area contributed by atoms with Crippen molar-refractivity contribution in [2.24, 2.45) is 0 Å². The van der Waals surface area contributed by atoms with Gasteiger partial charge in [0.2, 0.25) is 0 Å². The van der Waals surface area contributed by atoms with Gasteiger partial charge in [0.1, 0.15) is 5.75 Å². The molecule has 0 aliphatic rings. The van der Waals surface area contributed by atoms with Gasteiger partial charge in [0.25, 0.3) is 5.91 Å². The maximum atomic E-state index is 12.4. The summed E-state index contributed by atoms with van der Waals surface area (Å²) in [6, 6.07) is 8.01. The van der Waals surface area contributed by atoms with Gasteiger partial charge in [-0.1, -0.05) is 20.8 Å².